The zero-order valence-electron chi connectivity index (χ0n) is 10.9. The zero-order valence-corrected chi connectivity index (χ0v) is 11.7. The highest BCUT2D eigenvalue weighted by molar-refractivity contribution is 6.18. The van der Waals surface area contributed by atoms with Crippen LogP contribution in [0.2, 0.25) is 0 Å². The quantitative estimate of drug-likeness (QED) is 0.756. The summed E-state index contributed by atoms with van der Waals surface area (Å²) in [5.74, 6) is 1.12. The summed E-state index contributed by atoms with van der Waals surface area (Å²) in [6.07, 6.45) is 3.94. The van der Waals surface area contributed by atoms with Gasteiger partial charge in [-0.15, -0.1) is 11.6 Å². The average Bonchev–Trinajstić information content (AvgIpc) is 2.76. The van der Waals surface area contributed by atoms with Crippen LogP contribution in [0.3, 0.4) is 0 Å². The summed E-state index contributed by atoms with van der Waals surface area (Å²) in [5.41, 5.74) is 3.85. The number of aryl methyl sites for hydroxylation is 2. The van der Waals surface area contributed by atoms with Crippen molar-refractivity contribution in [1.82, 2.24) is 9.78 Å². The lowest BCUT2D eigenvalue weighted by Gasteiger charge is -2.14. The average molecular weight is 263 g/mol. The number of nitrogens with zero attached hydrogens (tertiary/aromatic N) is 2. The van der Waals surface area contributed by atoms with E-state index in [1.807, 2.05) is 17.9 Å². The molecule has 2 nitrogen and oxygen atoms in total. The van der Waals surface area contributed by atoms with E-state index in [9.17, 15) is 0 Å². The van der Waals surface area contributed by atoms with Gasteiger partial charge in [0.2, 0.25) is 0 Å². The second-order valence-electron chi connectivity index (χ2n) is 4.84. The Morgan fingerprint density at radius 3 is 2.61 bits per heavy atom. The number of halogens is 1. The first kappa shape index (κ1) is 13.2. The Morgan fingerprint density at radius 1 is 1.22 bits per heavy atom. The molecule has 0 radical (unpaired) electrons. The molecule has 0 amide bonds. The van der Waals surface area contributed by atoms with Gasteiger partial charge in [0, 0.05) is 19.1 Å². The second kappa shape index (κ2) is 6.05. The van der Waals surface area contributed by atoms with E-state index in [0.717, 1.165) is 18.5 Å². The molecule has 1 atom stereocenters. The zero-order chi connectivity index (χ0) is 13.0. The highest BCUT2D eigenvalue weighted by Gasteiger charge is 2.12. The van der Waals surface area contributed by atoms with Gasteiger partial charge in [0.25, 0.3) is 0 Å². The van der Waals surface area contributed by atoms with Gasteiger partial charge in [0.15, 0.2) is 0 Å². The lowest BCUT2D eigenvalue weighted by atomic mass is 9.94. The molecule has 1 unspecified atom stereocenters. The van der Waals surface area contributed by atoms with Crippen molar-refractivity contribution >= 4 is 11.6 Å². The van der Waals surface area contributed by atoms with Crippen molar-refractivity contribution in [3.05, 3.63) is 53.3 Å². The fourth-order valence-corrected chi connectivity index (χ4v) is 2.42. The largest absolute Gasteiger partial charge is 0.276 e. The fourth-order valence-electron chi connectivity index (χ4n) is 2.20. The predicted octanol–water partition coefficient (Wildman–Crippen LogP) is 3.37. The maximum absolute atomic E-state index is 6.09. The Kier molecular flexibility index (Phi) is 4.43. The smallest absolute Gasteiger partial charge is 0.0627 e. The standard InChI is InChI=1S/C15H19ClN2/c1-12-5-3-4-6-14(12)9-13(11-16)10-15-7-8-18(2)17-15/h3-8,13H,9-11H2,1-2H3. The highest BCUT2D eigenvalue weighted by atomic mass is 35.5. The number of hydrogen-bond acceptors (Lipinski definition) is 1. The van der Waals surface area contributed by atoms with Crippen molar-refractivity contribution in [2.24, 2.45) is 13.0 Å². The summed E-state index contributed by atoms with van der Waals surface area (Å²) in [7, 11) is 1.94. The molecule has 0 saturated carbocycles. The highest BCUT2D eigenvalue weighted by Crippen LogP contribution is 2.17. The summed E-state index contributed by atoms with van der Waals surface area (Å²) in [6.45, 7) is 2.15. The summed E-state index contributed by atoms with van der Waals surface area (Å²) >= 11 is 6.09. The molecule has 1 aromatic heterocycles. The third kappa shape index (κ3) is 3.36. The third-order valence-electron chi connectivity index (χ3n) is 3.25. The van der Waals surface area contributed by atoms with E-state index in [4.69, 9.17) is 11.6 Å². The SMILES string of the molecule is Cc1ccccc1CC(CCl)Cc1ccn(C)n1. The van der Waals surface area contributed by atoms with Crippen molar-refractivity contribution in [2.45, 2.75) is 19.8 Å². The van der Waals surface area contributed by atoms with Gasteiger partial charge in [-0.2, -0.15) is 5.10 Å². The third-order valence-corrected chi connectivity index (χ3v) is 3.69. The summed E-state index contributed by atoms with van der Waals surface area (Å²) in [6, 6.07) is 10.6. The Labute approximate surface area is 114 Å². The van der Waals surface area contributed by atoms with E-state index in [-0.39, 0.29) is 0 Å². The molecular formula is C15H19ClN2. The molecule has 0 aliphatic carbocycles. The molecule has 0 saturated heterocycles. The first-order chi connectivity index (χ1) is 8.69. The molecule has 1 heterocycles. The van der Waals surface area contributed by atoms with Gasteiger partial charge >= 0.3 is 0 Å². The van der Waals surface area contributed by atoms with Crippen molar-refractivity contribution in [2.75, 3.05) is 5.88 Å². The molecular weight excluding hydrogens is 244 g/mol. The Bertz CT molecular complexity index is 505. The first-order valence-electron chi connectivity index (χ1n) is 6.28. The number of benzene rings is 1. The van der Waals surface area contributed by atoms with E-state index in [0.29, 0.717) is 11.8 Å². The van der Waals surface area contributed by atoms with Crippen LogP contribution in [0.4, 0.5) is 0 Å². The van der Waals surface area contributed by atoms with Crippen LogP contribution in [0, 0.1) is 12.8 Å². The van der Waals surface area contributed by atoms with E-state index in [1.54, 1.807) is 0 Å². The van der Waals surface area contributed by atoms with E-state index in [2.05, 4.69) is 42.4 Å². The monoisotopic (exact) mass is 262 g/mol. The Morgan fingerprint density at radius 2 is 2.00 bits per heavy atom. The molecule has 96 valence electrons. The predicted molar refractivity (Wildman–Crippen MR) is 76.0 cm³/mol. The minimum Gasteiger partial charge on any atom is -0.276 e. The molecule has 0 bridgehead atoms. The van der Waals surface area contributed by atoms with Crippen LogP contribution in [-0.4, -0.2) is 15.7 Å². The normalized spacial score (nSPS) is 12.6. The van der Waals surface area contributed by atoms with Crippen molar-refractivity contribution < 1.29 is 0 Å². The molecule has 1 aromatic carbocycles. The van der Waals surface area contributed by atoms with Crippen LogP contribution in [0.25, 0.3) is 0 Å². The minimum atomic E-state index is 0.447. The lowest BCUT2D eigenvalue weighted by molar-refractivity contribution is 0.566. The van der Waals surface area contributed by atoms with E-state index in [1.165, 1.54) is 11.1 Å². The van der Waals surface area contributed by atoms with E-state index < -0.39 is 0 Å². The molecule has 0 aliphatic rings. The summed E-state index contributed by atoms with van der Waals surface area (Å²) < 4.78 is 1.84. The molecule has 18 heavy (non-hydrogen) atoms. The van der Waals surface area contributed by atoms with Gasteiger partial charge in [-0.1, -0.05) is 24.3 Å². The van der Waals surface area contributed by atoms with Gasteiger partial charge in [0.1, 0.15) is 0 Å². The van der Waals surface area contributed by atoms with Crippen LogP contribution < -0.4 is 0 Å². The summed E-state index contributed by atoms with van der Waals surface area (Å²) in [4.78, 5) is 0. The second-order valence-corrected chi connectivity index (χ2v) is 5.14. The molecule has 0 N–H and O–H groups in total. The van der Waals surface area contributed by atoms with Crippen molar-refractivity contribution in [3.63, 3.8) is 0 Å². The number of alkyl halides is 1. The van der Waals surface area contributed by atoms with Crippen LogP contribution in [0.15, 0.2) is 36.5 Å². The van der Waals surface area contributed by atoms with Crippen LogP contribution in [-0.2, 0) is 19.9 Å². The fraction of sp³-hybridized carbons (Fsp3) is 0.400. The molecule has 0 aliphatic heterocycles. The van der Waals surface area contributed by atoms with Gasteiger partial charge in [-0.3, -0.25) is 4.68 Å². The number of hydrogen-bond donors (Lipinski definition) is 0. The minimum absolute atomic E-state index is 0.447. The number of aromatic nitrogens is 2. The molecule has 2 aromatic rings. The van der Waals surface area contributed by atoms with Gasteiger partial charge in [0.05, 0.1) is 5.69 Å². The van der Waals surface area contributed by atoms with Gasteiger partial charge < -0.3 is 0 Å². The van der Waals surface area contributed by atoms with Crippen LogP contribution in [0.1, 0.15) is 16.8 Å². The molecule has 0 fully saturated rings. The van der Waals surface area contributed by atoms with Crippen LogP contribution >= 0.6 is 11.6 Å². The van der Waals surface area contributed by atoms with Crippen LogP contribution in [0.5, 0.6) is 0 Å². The molecule has 3 heteroatoms. The first-order valence-corrected chi connectivity index (χ1v) is 6.81. The molecule has 2 rings (SSSR count). The maximum atomic E-state index is 6.09. The topological polar surface area (TPSA) is 17.8 Å². The molecule has 0 spiro atoms. The van der Waals surface area contributed by atoms with E-state index >= 15 is 0 Å². The Hall–Kier alpha value is -1.28. The Balaban J connectivity index is 2.04. The lowest BCUT2D eigenvalue weighted by Crippen LogP contribution is -2.11. The van der Waals surface area contributed by atoms with Gasteiger partial charge in [-0.25, -0.2) is 0 Å². The van der Waals surface area contributed by atoms with Crippen molar-refractivity contribution in [3.8, 4) is 0 Å². The maximum Gasteiger partial charge on any atom is 0.0627 e. The summed E-state index contributed by atoms with van der Waals surface area (Å²) in [5, 5.41) is 4.42. The number of rotatable bonds is 5. The van der Waals surface area contributed by atoms with Crippen molar-refractivity contribution in [1.29, 1.82) is 0 Å². The van der Waals surface area contributed by atoms with Gasteiger partial charge in [-0.05, 0) is 42.9 Å².